The summed E-state index contributed by atoms with van der Waals surface area (Å²) in [5.41, 5.74) is 2.09. The van der Waals surface area contributed by atoms with Gasteiger partial charge < -0.3 is 10.2 Å². The van der Waals surface area contributed by atoms with Crippen LogP contribution in [-0.2, 0) is 5.75 Å². The van der Waals surface area contributed by atoms with Crippen LogP contribution in [0.25, 0.3) is 0 Å². The van der Waals surface area contributed by atoms with Crippen molar-refractivity contribution < 1.29 is 4.79 Å². The molecular weight excluding hydrogens is 256 g/mol. The summed E-state index contributed by atoms with van der Waals surface area (Å²) in [6.07, 6.45) is 3.20. The van der Waals surface area contributed by atoms with Gasteiger partial charge in [0.05, 0.1) is 0 Å². The number of carbonyl (C=O) groups excluding carboxylic acids is 1. The van der Waals surface area contributed by atoms with Crippen molar-refractivity contribution in [3.05, 3.63) is 35.4 Å². The Morgan fingerprint density at radius 2 is 2.16 bits per heavy atom. The zero-order chi connectivity index (χ0) is 13.7. The quantitative estimate of drug-likeness (QED) is 0.896. The van der Waals surface area contributed by atoms with Gasteiger partial charge >= 0.3 is 0 Å². The molecule has 0 aliphatic carbocycles. The van der Waals surface area contributed by atoms with Gasteiger partial charge in [-0.3, -0.25) is 4.79 Å². The fourth-order valence-corrected chi connectivity index (χ4v) is 3.09. The average molecular weight is 278 g/mol. The van der Waals surface area contributed by atoms with Gasteiger partial charge in [-0.25, -0.2) is 0 Å². The minimum absolute atomic E-state index is 0.175. The van der Waals surface area contributed by atoms with Crippen LogP contribution in [0.1, 0.15) is 22.3 Å². The predicted molar refractivity (Wildman–Crippen MR) is 81.6 cm³/mol. The molecule has 1 heterocycles. The Balaban J connectivity index is 1.96. The van der Waals surface area contributed by atoms with Crippen molar-refractivity contribution in [2.24, 2.45) is 5.92 Å². The molecule has 1 aliphatic heterocycles. The van der Waals surface area contributed by atoms with Crippen LogP contribution < -0.4 is 5.32 Å². The molecule has 0 spiro atoms. The molecule has 3 nitrogen and oxygen atoms in total. The number of nitrogens with zero attached hydrogens (tertiary/aromatic N) is 1. The summed E-state index contributed by atoms with van der Waals surface area (Å²) in [6.45, 7) is 2.76. The SMILES string of the molecule is CNC[C@@H]1CCN(C(=O)c2ccc(CSC)cc2)C1. The van der Waals surface area contributed by atoms with E-state index in [0.717, 1.165) is 37.4 Å². The highest BCUT2D eigenvalue weighted by atomic mass is 32.2. The number of amides is 1. The van der Waals surface area contributed by atoms with Gasteiger partial charge in [-0.05, 0) is 49.9 Å². The summed E-state index contributed by atoms with van der Waals surface area (Å²) in [5, 5.41) is 3.19. The van der Waals surface area contributed by atoms with Crippen LogP contribution >= 0.6 is 11.8 Å². The Labute approximate surface area is 119 Å². The number of hydrogen-bond donors (Lipinski definition) is 1. The lowest BCUT2D eigenvalue weighted by molar-refractivity contribution is 0.0787. The fraction of sp³-hybridized carbons (Fsp3) is 0.533. The molecule has 2 rings (SSSR count). The van der Waals surface area contributed by atoms with Crippen LogP contribution in [0.3, 0.4) is 0 Å². The number of likely N-dealkylation sites (tertiary alicyclic amines) is 1. The highest BCUT2D eigenvalue weighted by Gasteiger charge is 2.26. The van der Waals surface area contributed by atoms with E-state index < -0.39 is 0 Å². The van der Waals surface area contributed by atoms with E-state index in [1.807, 2.05) is 24.1 Å². The lowest BCUT2D eigenvalue weighted by atomic mass is 10.1. The van der Waals surface area contributed by atoms with Crippen molar-refractivity contribution in [2.75, 3.05) is 32.9 Å². The topological polar surface area (TPSA) is 32.3 Å². The van der Waals surface area contributed by atoms with Crippen molar-refractivity contribution in [3.63, 3.8) is 0 Å². The average Bonchev–Trinajstić information content (AvgIpc) is 2.88. The molecule has 1 N–H and O–H groups in total. The Bertz CT molecular complexity index is 419. The number of benzene rings is 1. The van der Waals surface area contributed by atoms with Crippen LogP contribution in [0.2, 0.25) is 0 Å². The van der Waals surface area contributed by atoms with Gasteiger partial charge in [0.15, 0.2) is 0 Å². The first-order valence-corrected chi connectivity index (χ1v) is 8.15. The van der Waals surface area contributed by atoms with Gasteiger partial charge in [0.2, 0.25) is 0 Å². The summed E-state index contributed by atoms with van der Waals surface area (Å²) in [5.74, 6) is 1.78. The van der Waals surface area contributed by atoms with Gasteiger partial charge in [-0.1, -0.05) is 12.1 Å². The van der Waals surface area contributed by atoms with Crippen LogP contribution in [0, 0.1) is 5.92 Å². The van der Waals surface area contributed by atoms with Gasteiger partial charge in [0, 0.05) is 24.4 Å². The van der Waals surface area contributed by atoms with E-state index in [1.54, 1.807) is 11.8 Å². The third-order valence-electron chi connectivity index (χ3n) is 3.58. The third-order valence-corrected chi connectivity index (χ3v) is 4.20. The Morgan fingerprint density at radius 1 is 1.42 bits per heavy atom. The molecule has 1 aromatic rings. The fourth-order valence-electron chi connectivity index (χ4n) is 2.57. The smallest absolute Gasteiger partial charge is 0.253 e. The Kier molecular flexibility index (Phi) is 5.28. The monoisotopic (exact) mass is 278 g/mol. The number of rotatable bonds is 5. The molecular formula is C15H22N2OS. The normalized spacial score (nSPS) is 18.8. The van der Waals surface area contributed by atoms with Gasteiger partial charge in [-0.2, -0.15) is 11.8 Å². The molecule has 0 radical (unpaired) electrons. The minimum Gasteiger partial charge on any atom is -0.338 e. The lowest BCUT2D eigenvalue weighted by Crippen LogP contribution is -2.30. The summed E-state index contributed by atoms with van der Waals surface area (Å²) >= 11 is 1.80. The zero-order valence-corrected chi connectivity index (χ0v) is 12.5. The summed E-state index contributed by atoms with van der Waals surface area (Å²) in [7, 11) is 1.97. The van der Waals surface area contributed by atoms with E-state index in [0.29, 0.717) is 5.92 Å². The van der Waals surface area contributed by atoms with Crippen LogP contribution in [0.5, 0.6) is 0 Å². The summed E-state index contributed by atoms with van der Waals surface area (Å²) in [6, 6.07) is 8.04. The summed E-state index contributed by atoms with van der Waals surface area (Å²) in [4.78, 5) is 14.3. The molecule has 1 aromatic carbocycles. The van der Waals surface area contributed by atoms with Gasteiger partial charge in [0.1, 0.15) is 0 Å². The Morgan fingerprint density at radius 3 is 2.79 bits per heavy atom. The zero-order valence-electron chi connectivity index (χ0n) is 11.7. The number of thioether (sulfide) groups is 1. The van der Waals surface area contributed by atoms with Gasteiger partial charge in [-0.15, -0.1) is 0 Å². The molecule has 1 aliphatic rings. The largest absolute Gasteiger partial charge is 0.338 e. The van der Waals surface area contributed by atoms with Crippen molar-refractivity contribution >= 4 is 17.7 Å². The van der Waals surface area contributed by atoms with Crippen LogP contribution in [0.15, 0.2) is 24.3 Å². The molecule has 4 heteroatoms. The van der Waals surface area contributed by atoms with Gasteiger partial charge in [0.25, 0.3) is 5.91 Å². The Hall–Kier alpha value is -1.00. The maximum Gasteiger partial charge on any atom is 0.253 e. The number of hydrogen-bond acceptors (Lipinski definition) is 3. The highest BCUT2D eigenvalue weighted by molar-refractivity contribution is 7.97. The second-order valence-corrected chi connectivity index (χ2v) is 5.96. The molecule has 1 amide bonds. The van der Waals surface area contributed by atoms with E-state index in [9.17, 15) is 4.79 Å². The number of nitrogens with one attached hydrogen (secondary N) is 1. The highest BCUT2D eigenvalue weighted by Crippen LogP contribution is 2.19. The molecule has 1 fully saturated rings. The van der Waals surface area contributed by atoms with Crippen molar-refractivity contribution in [2.45, 2.75) is 12.2 Å². The second kappa shape index (κ2) is 6.96. The van der Waals surface area contributed by atoms with Crippen molar-refractivity contribution in [3.8, 4) is 0 Å². The van der Waals surface area contributed by atoms with E-state index in [1.165, 1.54) is 5.56 Å². The molecule has 0 saturated carbocycles. The molecule has 0 bridgehead atoms. The van der Waals surface area contributed by atoms with Crippen LogP contribution in [-0.4, -0.2) is 43.7 Å². The molecule has 0 unspecified atom stereocenters. The first-order chi connectivity index (χ1) is 9.24. The molecule has 104 valence electrons. The van der Waals surface area contributed by atoms with E-state index in [4.69, 9.17) is 0 Å². The maximum atomic E-state index is 12.4. The maximum absolute atomic E-state index is 12.4. The van der Waals surface area contributed by atoms with E-state index >= 15 is 0 Å². The van der Waals surface area contributed by atoms with Crippen LogP contribution in [0.4, 0.5) is 0 Å². The molecule has 1 atom stereocenters. The first-order valence-electron chi connectivity index (χ1n) is 6.76. The minimum atomic E-state index is 0.175. The molecule has 19 heavy (non-hydrogen) atoms. The predicted octanol–water partition coefficient (Wildman–Crippen LogP) is 2.23. The van der Waals surface area contributed by atoms with Crippen molar-refractivity contribution in [1.29, 1.82) is 0 Å². The molecule has 1 saturated heterocycles. The molecule has 0 aromatic heterocycles. The van der Waals surface area contributed by atoms with E-state index in [2.05, 4.69) is 23.7 Å². The van der Waals surface area contributed by atoms with Crippen molar-refractivity contribution in [1.82, 2.24) is 10.2 Å². The summed E-state index contributed by atoms with van der Waals surface area (Å²) < 4.78 is 0. The van der Waals surface area contributed by atoms with E-state index in [-0.39, 0.29) is 5.91 Å². The first kappa shape index (κ1) is 14.4. The lowest BCUT2D eigenvalue weighted by Gasteiger charge is -2.16. The standard InChI is InChI=1S/C15H22N2OS/c1-16-9-13-7-8-17(10-13)15(18)14-5-3-12(4-6-14)11-19-2/h3-6,13,16H,7-11H2,1-2H3/t13-/m0/s1. The third kappa shape index (κ3) is 3.74. The number of carbonyl (C=O) groups is 1. The second-order valence-electron chi connectivity index (χ2n) is 5.09.